The fourth-order valence-corrected chi connectivity index (χ4v) is 4.09. The molecule has 7 nitrogen and oxygen atoms in total. The Bertz CT molecular complexity index is 951. The number of carbonyl (C=O) groups excluding carboxylic acids is 3. The van der Waals surface area contributed by atoms with Crippen LogP contribution >= 0.6 is 11.8 Å². The molecule has 1 aliphatic heterocycles. The van der Waals surface area contributed by atoms with Crippen LogP contribution < -0.4 is 5.32 Å². The number of hydrogen-bond acceptors (Lipinski definition) is 6. The van der Waals surface area contributed by atoms with Crippen molar-refractivity contribution in [2.75, 3.05) is 31.4 Å². The van der Waals surface area contributed by atoms with E-state index >= 15 is 0 Å². The molecule has 1 aromatic heterocycles. The molecule has 29 heavy (non-hydrogen) atoms. The van der Waals surface area contributed by atoms with Gasteiger partial charge in [-0.1, -0.05) is 0 Å². The molecule has 1 aliphatic rings. The third-order valence-electron chi connectivity index (χ3n) is 4.79. The summed E-state index contributed by atoms with van der Waals surface area (Å²) in [6.45, 7) is 4.91. The standard InChI is InChI=1S/C21H24N2O5S/c1-13-9-16(14(2)23(13)7-4-8-27-3)18(24)11-28-21(26)15-5-6-19-17(10-15)22-20(25)12-29-19/h5-6,9-10H,4,7-8,11-12H2,1-3H3,(H,22,25). The van der Waals surface area contributed by atoms with Gasteiger partial charge in [-0.25, -0.2) is 4.79 Å². The van der Waals surface area contributed by atoms with Crippen LogP contribution in [0.5, 0.6) is 0 Å². The number of amides is 1. The van der Waals surface area contributed by atoms with Gasteiger partial charge in [0, 0.05) is 42.1 Å². The Hall–Kier alpha value is -2.58. The lowest BCUT2D eigenvalue weighted by atomic mass is 10.1. The molecule has 0 saturated heterocycles. The second-order valence-corrected chi connectivity index (χ2v) is 7.85. The maximum absolute atomic E-state index is 12.6. The number of nitrogens with zero attached hydrogens (tertiary/aromatic N) is 1. The van der Waals surface area contributed by atoms with Gasteiger partial charge in [0.15, 0.2) is 6.61 Å². The number of benzene rings is 1. The summed E-state index contributed by atoms with van der Waals surface area (Å²) in [6, 6.07) is 6.81. The highest BCUT2D eigenvalue weighted by molar-refractivity contribution is 8.00. The molecule has 0 saturated carbocycles. The number of fused-ring (bicyclic) bond motifs is 1. The zero-order valence-corrected chi connectivity index (χ0v) is 17.6. The van der Waals surface area contributed by atoms with E-state index < -0.39 is 5.97 Å². The quantitative estimate of drug-likeness (QED) is 0.404. The SMILES string of the molecule is COCCCn1c(C)cc(C(=O)COC(=O)c2ccc3c(c2)NC(=O)CS3)c1C. The molecular formula is C21H24N2O5S. The van der Waals surface area contributed by atoms with E-state index in [-0.39, 0.29) is 18.3 Å². The van der Waals surface area contributed by atoms with Crippen molar-refractivity contribution in [3.63, 3.8) is 0 Å². The van der Waals surface area contributed by atoms with E-state index in [0.29, 0.717) is 29.2 Å². The van der Waals surface area contributed by atoms with E-state index in [1.807, 2.05) is 19.9 Å². The van der Waals surface area contributed by atoms with Gasteiger partial charge in [-0.15, -0.1) is 11.8 Å². The Morgan fingerprint density at radius 1 is 1.24 bits per heavy atom. The first kappa shape index (κ1) is 21.1. The molecule has 1 amide bonds. The van der Waals surface area contributed by atoms with Crippen LogP contribution in [0.1, 0.15) is 38.5 Å². The number of Topliss-reactive ketones (excluding diaryl/α,β-unsaturated/α-hetero) is 1. The monoisotopic (exact) mass is 416 g/mol. The molecule has 2 aromatic rings. The fraction of sp³-hybridized carbons (Fsp3) is 0.381. The number of anilines is 1. The number of ketones is 1. The maximum Gasteiger partial charge on any atom is 0.338 e. The molecule has 8 heteroatoms. The first-order valence-electron chi connectivity index (χ1n) is 9.33. The summed E-state index contributed by atoms with van der Waals surface area (Å²) >= 11 is 1.42. The van der Waals surface area contributed by atoms with Crippen molar-refractivity contribution < 1.29 is 23.9 Å². The van der Waals surface area contributed by atoms with E-state index in [0.717, 1.165) is 29.2 Å². The van der Waals surface area contributed by atoms with Crippen molar-refractivity contribution in [1.82, 2.24) is 4.57 Å². The third kappa shape index (κ3) is 4.89. The first-order chi connectivity index (χ1) is 13.9. The van der Waals surface area contributed by atoms with E-state index in [4.69, 9.17) is 9.47 Å². The Morgan fingerprint density at radius 2 is 2.03 bits per heavy atom. The van der Waals surface area contributed by atoms with Gasteiger partial charge in [0.2, 0.25) is 11.7 Å². The zero-order chi connectivity index (χ0) is 21.0. The Kier molecular flexibility index (Phi) is 6.76. The maximum atomic E-state index is 12.6. The van der Waals surface area contributed by atoms with Crippen LogP contribution in [0, 0.1) is 13.8 Å². The molecule has 0 spiro atoms. The van der Waals surface area contributed by atoms with E-state index in [9.17, 15) is 14.4 Å². The van der Waals surface area contributed by atoms with Crippen molar-refractivity contribution >= 4 is 35.1 Å². The van der Waals surface area contributed by atoms with Gasteiger partial charge in [-0.05, 0) is 44.5 Å². The van der Waals surface area contributed by atoms with Crippen LogP contribution in [0.4, 0.5) is 5.69 Å². The zero-order valence-electron chi connectivity index (χ0n) is 16.7. The van der Waals surface area contributed by atoms with E-state index in [1.54, 1.807) is 25.3 Å². The van der Waals surface area contributed by atoms with Crippen molar-refractivity contribution in [1.29, 1.82) is 0 Å². The van der Waals surface area contributed by atoms with Crippen LogP contribution in [0.15, 0.2) is 29.2 Å². The van der Waals surface area contributed by atoms with Crippen LogP contribution in [-0.2, 0) is 20.8 Å². The number of esters is 1. The first-order valence-corrected chi connectivity index (χ1v) is 10.3. The number of ether oxygens (including phenoxy) is 2. The van der Waals surface area contributed by atoms with Crippen LogP contribution in [-0.4, -0.2) is 48.3 Å². The normalized spacial score (nSPS) is 13.0. The van der Waals surface area contributed by atoms with Crippen molar-refractivity contribution in [2.45, 2.75) is 31.7 Å². The summed E-state index contributed by atoms with van der Waals surface area (Å²) < 4.78 is 12.4. The van der Waals surface area contributed by atoms with Gasteiger partial charge in [-0.2, -0.15) is 0 Å². The third-order valence-corrected chi connectivity index (χ3v) is 5.86. The summed E-state index contributed by atoms with van der Waals surface area (Å²) in [7, 11) is 1.66. The number of carbonyl (C=O) groups is 3. The second-order valence-electron chi connectivity index (χ2n) is 6.83. The number of thioether (sulfide) groups is 1. The molecule has 0 unspecified atom stereocenters. The van der Waals surface area contributed by atoms with Gasteiger partial charge in [0.1, 0.15) is 0 Å². The smallest absolute Gasteiger partial charge is 0.338 e. The minimum atomic E-state index is -0.597. The number of aryl methyl sites for hydroxylation is 1. The summed E-state index contributed by atoms with van der Waals surface area (Å²) in [5.74, 6) is -0.593. The number of aromatic nitrogens is 1. The van der Waals surface area contributed by atoms with Gasteiger partial charge >= 0.3 is 5.97 Å². The predicted molar refractivity (Wildman–Crippen MR) is 111 cm³/mol. The van der Waals surface area contributed by atoms with E-state index in [2.05, 4.69) is 9.88 Å². The molecule has 0 aliphatic carbocycles. The predicted octanol–water partition coefficient (Wildman–Crippen LogP) is 3.23. The van der Waals surface area contributed by atoms with E-state index in [1.165, 1.54) is 11.8 Å². The van der Waals surface area contributed by atoms with Crippen molar-refractivity contribution in [2.24, 2.45) is 0 Å². The van der Waals surface area contributed by atoms with Crippen molar-refractivity contribution in [3.05, 3.63) is 46.8 Å². The van der Waals surface area contributed by atoms with Crippen LogP contribution in [0.2, 0.25) is 0 Å². The number of nitrogens with one attached hydrogen (secondary N) is 1. The summed E-state index contributed by atoms with van der Waals surface area (Å²) in [6.07, 6.45) is 0.850. The van der Waals surface area contributed by atoms with Crippen LogP contribution in [0.25, 0.3) is 0 Å². The summed E-state index contributed by atoms with van der Waals surface area (Å²) in [4.78, 5) is 37.4. The summed E-state index contributed by atoms with van der Waals surface area (Å²) in [5.41, 5.74) is 3.28. The topological polar surface area (TPSA) is 86.6 Å². The molecule has 1 aromatic carbocycles. The number of hydrogen-bond donors (Lipinski definition) is 1. The lowest BCUT2D eigenvalue weighted by molar-refractivity contribution is -0.113. The lowest BCUT2D eigenvalue weighted by Crippen LogP contribution is -2.19. The average Bonchev–Trinajstić information content (AvgIpc) is 2.99. The highest BCUT2D eigenvalue weighted by Gasteiger charge is 2.20. The average molecular weight is 416 g/mol. The minimum Gasteiger partial charge on any atom is -0.454 e. The molecular weight excluding hydrogens is 392 g/mol. The van der Waals surface area contributed by atoms with Crippen LogP contribution in [0.3, 0.4) is 0 Å². The van der Waals surface area contributed by atoms with Crippen molar-refractivity contribution in [3.8, 4) is 0 Å². The Labute approximate surface area is 173 Å². The molecule has 0 bridgehead atoms. The second kappa shape index (κ2) is 9.28. The molecule has 0 radical (unpaired) electrons. The molecule has 0 atom stereocenters. The van der Waals surface area contributed by atoms with Gasteiger partial charge in [-0.3, -0.25) is 9.59 Å². The van der Waals surface area contributed by atoms with Gasteiger partial charge in [0.25, 0.3) is 0 Å². The number of methoxy groups -OCH3 is 1. The highest BCUT2D eigenvalue weighted by atomic mass is 32.2. The lowest BCUT2D eigenvalue weighted by Gasteiger charge is -2.16. The Morgan fingerprint density at radius 3 is 2.79 bits per heavy atom. The van der Waals surface area contributed by atoms with Gasteiger partial charge < -0.3 is 19.4 Å². The highest BCUT2D eigenvalue weighted by Crippen LogP contribution is 2.32. The van der Waals surface area contributed by atoms with Gasteiger partial charge in [0.05, 0.1) is 17.0 Å². The summed E-state index contributed by atoms with van der Waals surface area (Å²) in [5, 5.41) is 2.74. The minimum absolute atomic E-state index is 0.107. The molecule has 3 rings (SSSR count). The Balaban J connectivity index is 1.63. The fourth-order valence-electron chi connectivity index (χ4n) is 3.30. The largest absolute Gasteiger partial charge is 0.454 e. The molecule has 1 N–H and O–H groups in total. The molecule has 2 heterocycles. The molecule has 154 valence electrons. The number of rotatable bonds is 8. The molecule has 0 fully saturated rings.